The molecule has 3 saturated heterocycles. The standard InChI is InChI=1S/C19H20F3N7O2.C19H20N8O2.C18H18F3N7O.C15H15ClN6O2/c1-30-14-11-12(28-7-9-31-10-8-28)5-6-13(14)24-18-26-17(23)29(27-18)16-4-2-3-15(25-16)19(20,21)22;1-28-16-10-14(26-6-8-29-9-7-26)3-4-15(16)23-19-24-18(21)27(25-19)17-5-2-13(11-20)12-22-17;19-18(20,21)14-2-1-3-15(24-14)28-16(22)25-17(26-28)23-12-4-6-13(7-5-12)27-8-10-29-11-9-27;1-23-11-8-10(12(24-2)7-9(11)16)19-15-20-14(17)22(21-15)13-5-3-4-6-18-13/h2-6,11H,7-10H2,1H3,(H3,23,24,26,27);2-5,10,12H,6-9H2,1H3,(H3,21,23,24,25);1-7H,8-11H2,(H3,22,23,25,26);3-8H,1-2H3,(H3,17,19,20,21). The Hall–Kier alpha value is -13.7. The van der Waals surface area contributed by atoms with E-state index in [1.807, 2.05) is 72.8 Å². The molecule has 35 nitrogen and oxygen atoms in total. The number of hydrogen-bond donors (Lipinski definition) is 8. The van der Waals surface area contributed by atoms with Crippen LogP contribution in [0.2, 0.25) is 5.02 Å². The molecule has 0 atom stereocenters. The fourth-order valence-electron chi connectivity index (χ4n) is 11.3. The average molecular weight is 1580 g/mol. The van der Waals surface area contributed by atoms with Gasteiger partial charge >= 0.3 is 12.4 Å². The summed E-state index contributed by atoms with van der Waals surface area (Å²) in [5, 5.41) is 38.4. The number of nitrogens with zero attached hydrogens (tertiary/aromatic N) is 20. The van der Waals surface area contributed by atoms with Crippen LogP contribution in [0, 0.1) is 11.3 Å². The normalized spacial score (nSPS) is 13.5. The van der Waals surface area contributed by atoms with Gasteiger partial charge in [-0.1, -0.05) is 29.8 Å². The van der Waals surface area contributed by atoms with E-state index in [1.54, 1.807) is 49.7 Å². The number of pyridine rings is 4. The van der Waals surface area contributed by atoms with Crippen molar-refractivity contribution >= 4 is 99.0 Å². The van der Waals surface area contributed by atoms with Crippen LogP contribution in [-0.4, -0.2) is 186 Å². The van der Waals surface area contributed by atoms with Gasteiger partial charge in [0.1, 0.15) is 40.5 Å². The number of methoxy groups -OCH3 is 4. The van der Waals surface area contributed by atoms with Crippen LogP contribution in [-0.2, 0) is 26.6 Å². The van der Waals surface area contributed by atoms with E-state index in [0.29, 0.717) is 108 Å². The molecule has 3 aliphatic rings. The first-order valence-corrected chi connectivity index (χ1v) is 34.6. The molecule has 4 aromatic carbocycles. The summed E-state index contributed by atoms with van der Waals surface area (Å²) in [6, 6.07) is 40.2. The minimum atomic E-state index is -4.58. The first kappa shape index (κ1) is 78.8. The number of halogens is 7. The molecular weight excluding hydrogens is 1510 g/mol. The van der Waals surface area contributed by atoms with E-state index in [2.05, 4.69) is 96.2 Å². The largest absolute Gasteiger partial charge is 0.495 e. The number of benzene rings is 4. The molecule has 3 aliphatic heterocycles. The van der Waals surface area contributed by atoms with Gasteiger partial charge in [-0.3, -0.25) is 0 Å². The fourth-order valence-corrected chi connectivity index (χ4v) is 11.5. The third kappa shape index (κ3) is 19.8. The lowest BCUT2D eigenvalue weighted by atomic mass is 10.2. The number of aromatic nitrogens is 16. The van der Waals surface area contributed by atoms with Gasteiger partial charge in [0.25, 0.3) is 0 Å². The summed E-state index contributed by atoms with van der Waals surface area (Å²) in [7, 11) is 6.22. The Kier molecular flexibility index (Phi) is 25.0. The van der Waals surface area contributed by atoms with Gasteiger partial charge in [-0.05, 0) is 97.1 Å². The molecule has 0 aliphatic carbocycles. The molecule has 0 bridgehead atoms. The van der Waals surface area contributed by atoms with E-state index in [4.69, 9.17) is 73.0 Å². The topological polar surface area (TPSA) is 425 Å². The lowest BCUT2D eigenvalue weighted by Gasteiger charge is -2.29. The number of nitrogens with one attached hydrogen (secondary N) is 4. The van der Waals surface area contributed by atoms with Crippen molar-refractivity contribution in [1.29, 1.82) is 5.26 Å². The van der Waals surface area contributed by atoms with Crippen molar-refractivity contribution in [3.8, 4) is 52.3 Å². The molecular formula is C71H73ClF6N28O7. The second kappa shape index (κ2) is 35.8. The molecule has 12 N–H and O–H groups in total. The van der Waals surface area contributed by atoms with E-state index in [1.165, 1.54) is 61.2 Å². The summed E-state index contributed by atoms with van der Waals surface area (Å²) in [5.41, 5.74) is 27.7. The van der Waals surface area contributed by atoms with Crippen LogP contribution in [0.25, 0.3) is 23.3 Å². The molecule has 588 valence electrons. The van der Waals surface area contributed by atoms with E-state index < -0.39 is 23.7 Å². The predicted octanol–water partition coefficient (Wildman–Crippen LogP) is 10.1. The van der Waals surface area contributed by atoms with Crippen LogP contribution in [0.1, 0.15) is 17.0 Å². The van der Waals surface area contributed by atoms with Gasteiger partial charge < -0.3 is 92.1 Å². The molecule has 0 spiro atoms. The number of rotatable bonds is 19. The van der Waals surface area contributed by atoms with Gasteiger partial charge in [-0.25, -0.2) is 19.9 Å². The molecule has 0 radical (unpaired) electrons. The van der Waals surface area contributed by atoms with Gasteiger partial charge in [0.2, 0.25) is 47.6 Å². The number of hydrogen-bond acceptors (Lipinski definition) is 31. The van der Waals surface area contributed by atoms with Gasteiger partial charge in [0.15, 0.2) is 23.3 Å². The minimum absolute atomic E-state index is 0.0689. The fraction of sp³-hybridized carbons (Fsp3) is 0.254. The van der Waals surface area contributed by atoms with E-state index in [-0.39, 0.29) is 47.3 Å². The van der Waals surface area contributed by atoms with Gasteiger partial charge in [0.05, 0.1) is 95.7 Å². The second-order valence-corrected chi connectivity index (χ2v) is 24.5. The van der Waals surface area contributed by atoms with Crippen LogP contribution in [0.5, 0.6) is 23.0 Å². The van der Waals surface area contributed by atoms with Crippen LogP contribution in [0.15, 0.2) is 152 Å². The van der Waals surface area contributed by atoms with Crippen molar-refractivity contribution < 1.29 is 59.5 Å². The SMILES string of the molecule is COc1cc(N2CCOCC2)ccc1Nc1nc(N)n(-c2ccc(C#N)cn2)n1.COc1cc(N2CCOCC2)ccc1Nc1nc(N)n(-c2cccc(C(F)(F)F)n2)n1.COc1cc(Nc2nc(N)n(-c3ccccn3)n2)c(OC)cc1Cl.Nc1nc(Nc2ccc(N3CCOCC3)cc2)nn1-c1cccc(C(F)(F)F)n1. The Morgan fingerprint density at radius 3 is 1.20 bits per heavy atom. The van der Waals surface area contributed by atoms with Crippen molar-refractivity contribution in [2.75, 3.05) is 166 Å². The molecule has 42 heteroatoms. The lowest BCUT2D eigenvalue weighted by molar-refractivity contribution is -0.141. The van der Waals surface area contributed by atoms with Crippen molar-refractivity contribution in [3.63, 3.8) is 0 Å². The molecule has 0 unspecified atom stereocenters. The van der Waals surface area contributed by atoms with Gasteiger partial charge in [-0.15, -0.1) is 20.4 Å². The second-order valence-electron chi connectivity index (χ2n) is 24.1. The zero-order valence-corrected chi connectivity index (χ0v) is 61.4. The van der Waals surface area contributed by atoms with Gasteiger partial charge in [-0.2, -0.15) is 70.3 Å². The molecule has 15 rings (SSSR count). The van der Waals surface area contributed by atoms with Crippen LogP contribution in [0.3, 0.4) is 0 Å². The van der Waals surface area contributed by atoms with E-state index in [0.717, 1.165) is 89.2 Å². The summed E-state index contributed by atoms with van der Waals surface area (Å²) >= 11 is 6.10. The highest BCUT2D eigenvalue weighted by atomic mass is 35.5. The maximum absolute atomic E-state index is 13.0. The number of morpholine rings is 3. The molecule has 0 saturated carbocycles. The highest BCUT2D eigenvalue weighted by Gasteiger charge is 2.34. The van der Waals surface area contributed by atoms with Gasteiger partial charge in [0, 0.05) is 98.7 Å². The smallest absolute Gasteiger partial charge is 0.433 e. The molecule has 0 amide bonds. The maximum atomic E-state index is 13.0. The van der Waals surface area contributed by atoms with Crippen molar-refractivity contribution in [1.82, 2.24) is 79.0 Å². The van der Waals surface area contributed by atoms with Crippen LogP contribution >= 0.6 is 11.6 Å². The molecule has 3 fully saturated rings. The Balaban J connectivity index is 0.000000140. The predicted molar refractivity (Wildman–Crippen MR) is 408 cm³/mol. The third-order valence-electron chi connectivity index (χ3n) is 16.8. The van der Waals surface area contributed by atoms with E-state index >= 15 is 0 Å². The summed E-state index contributed by atoms with van der Waals surface area (Å²) < 4.78 is 120. The summed E-state index contributed by atoms with van der Waals surface area (Å²) in [4.78, 5) is 38.7. The maximum Gasteiger partial charge on any atom is 0.433 e. The van der Waals surface area contributed by atoms with Crippen molar-refractivity contribution in [3.05, 3.63) is 174 Å². The third-order valence-corrected chi connectivity index (χ3v) is 17.1. The first-order chi connectivity index (χ1) is 54.5. The zero-order valence-electron chi connectivity index (χ0n) is 60.7. The van der Waals surface area contributed by atoms with Crippen molar-refractivity contribution in [2.45, 2.75) is 12.4 Å². The summed E-state index contributed by atoms with van der Waals surface area (Å²) in [5.74, 6) is 4.15. The Morgan fingerprint density at radius 1 is 0.416 bits per heavy atom. The Labute approximate surface area is 645 Å². The van der Waals surface area contributed by atoms with E-state index in [9.17, 15) is 26.3 Å². The number of alkyl halides is 6. The molecule has 12 aromatic rings. The minimum Gasteiger partial charge on any atom is -0.495 e. The van der Waals surface area contributed by atoms with Crippen LogP contribution in [0.4, 0.5) is 114 Å². The quantitative estimate of drug-likeness (QED) is 0.0349. The summed E-state index contributed by atoms with van der Waals surface area (Å²) in [6.07, 6.45) is -6.04. The molecule has 8 aromatic heterocycles. The number of nitrogens with two attached hydrogens (primary N) is 4. The number of ether oxygens (including phenoxy) is 7. The molecule has 11 heterocycles. The zero-order chi connectivity index (χ0) is 79.8. The Bertz CT molecular complexity index is 5230. The van der Waals surface area contributed by atoms with Crippen molar-refractivity contribution in [2.24, 2.45) is 0 Å². The molecule has 113 heavy (non-hydrogen) atoms. The van der Waals surface area contributed by atoms with Crippen LogP contribution < -0.4 is 77.8 Å². The number of anilines is 15. The Morgan fingerprint density at radius 2 is 0.805 bits per heavy atom. The lowest BCUT2D eigenvalue weighted by Crippen LogP contribution is -2.36. The number of nitriles is 1. The average Bonchev–Trinajstić information content (AvgIpc) is 1.77. The summed E-state index contributed by atoms with van der Waals surface area (Å²) in [6.45, 7) is 9.06. The highest BCUT2D eigenvalue weighted by molar-refractivity contribution is 6.32. The number of nitrogen functional groups attached to an aromatic ring is 4. The first-order valence-electron chi connectivity index (χ1n) is 34.3. The monoisotopic (exact) mass is 1580 g/mol. The highest BCUT2D eigenvalue weighted by Crippen LogP contribution is 2.39.